The molecule has 0 spiro atoms. The van der Waals surface area contributed by atoms with E-state index in [1.807, 2.05) is 34.6 Å². The summed E-state index contributed by atoms with van der Waals surface area (Å²) in [5.41, 5.74) is 5.90. The maximum absolute atomic E-state index is 13.3. The molecule has 1 aliphatic rings. The zero-order valence-electron chi connectivity index (χ0n) is 19.9. The molecule has 4 aromatic heterocycles. The minimum Gasteiger partial charge on any atom is -0.306 e. The van der Waals surface area contributed by atoms with Crippen molar-refractivity contribution in [2.75, 3.05) is 18.4 Å². The highest BCUT2D eigenvalue weighted by atomic mass is 32.1. The van der Waals surface area contributed by atoms with Gasteiger partial charge in [-0.25, -0.2) is 14.2 Å². The van der Waals surface area contributed by atoms with Crippen LogP contribution in [0, 0.1) is 6.92 Å². The Bertz CT molecular complexity index is 1480. The molecule has 10 heteroatoms. The average molecular weight is 499 g/mol. The van der Waals surface area contributed by atoms with Crippen LogP contribution in [-0.4, -0.2) is 53.3 Å². The number of likely N-dealkylation sites (tertiary alicyclic amines) is 1. The van der Waals surface area contributed by atoms with Gasteiger partial charge in [-0.1, -0.05) is 17.7 Å². The molecule has 0 unspecified atom stereocenters. The highest BCUT2D eigenvalue weighted by Crippen LogP contribution is 2.31. The van der Waals surface area contributed by atoms with Crippen molar-refractivity contribution < 1.29 is 4.79 Å². The van der Waals surface area contributed by atoms with Crippen LogP contribution in [0.25, 0.3) is 11.3 Å². The zero-order valence-corrected chi connectivity index (χ0v) is 20.7. The number of nitrogens with zero attached hydrogens (tertiary/aromatic N) is 7. The van der Waals surface area contributed by atoms with Crippen molar-refractivity contribution >= 4 is 28.7 Å². The third-order valence-corrected chi connectivity index (χ3v) is 7.41. The molecule has 9 nitrogen and oxygen atoms in total. The largest absolute Gasteiger partial charge is 0.306 e. The van der Waals surface area contributed by atoms with Crippen LogP contribution in [0.2, 0.25) is 0 Å². The Morgan fingerprint density at radius 1 is 1.17 bits per heavy atom. The average Bonchev–Trinajstić information content (AvgIpc) is 3.65. The number of aryl methyl sites for hydroxylation is 1. The van der Waals surface area contributed by atoms with Crippen LogP contribution in [0.1, 0.15) is 45.3 Å². The lowest BCUT2D eigenvalue weighted by Crippen LogP contribution is -2.32. The molecule has 0 atom stereocenters. The van der Waals surface area contributed by atoms with Crippen molar-refractivity contribution in [3.8, 4) is 5.69 Å². The monoisotopic (exact) mass is 498 g/mol. The fourth-order valence-corrected chi connectivity index (χ4v) is 5.31. The molecular formula is C26H26N8OS. The Labute approximate surface area is 212 Å². The second-order valence-electron chi connectivity index (χ2n) is 9.12. The molecule has 6 rings (SSSR count). The summed E-state index contributed by atoms with van der Waals surface area (Å²) in [6.45, 7) is 5.02. The molecule has 1 N–H and O–H groups in total. The lowest BCUT2D eigenvalue weighted by atomic mass is 9.93. The van der Waals surface area contributed by atoms with E-state index in [0.29, 0.717) is 22.9 Å². The van der Waals surface area contributed by atoms with Gasteiger partial charge in [-0.3, -0.25) is 14.7 Å². The van der Waals surface area contributed by atoms with Gasteiger partial charge in [0.25, 0.3) is 5.91 Å². The van der Waals surface area contributed by atoms with E-state index in [2.05, 4.69) is 44.3 Å². The van der Waals surface area contributed by atoms with Gasteiger partial charge in [0.05, 0.1) is 23.1 Å². The zero-order chi connectivity index (χ0) is 24.5. The van der Waals surface area contributed by atoms with E-state index in [1.54, 1.807) is 40.5 Å². The van der Waals surface area contributed by atoms with E-state index < -0.39 is 0 Å². The quantitative estimate of drug-likeness (QED) is 0.375. The van der Waals surface area contributed by atoms with E-state index in [0.717, 1.165) is 43.9 Å². The van der Waals surface area contributed by atoms with Crippen LogP contribution in [0.4, 0.5) is 5.82 Å². The first-order valence-electron chi connectivity index (χ1n) is 12.0. The van der Waals surface area contributed by atoms with Gasteiger partial charge in [0.15, 0.2) is 5.65 Å². The smallest absolute Gasteiger partial charge is 0.262 e. The van der Waals surface area contributed by atoms with Crippen molar-refractivity contribution in [3.05, 3.63) is 88.4 Å². The summed E-state index contributed by atoms with van der Waals surface area (Å²) in [6, 6.07) is 11.9. The lowest BCUT2D eigenvalue weighted by molar-refractivity contribution is 0.102. The molecule has 1 aromatic carbocycles. The summed E-state index contributed by atoms with van der Waals surface area (Å²) < 4.78 is 3.42. The molecule has 182 valence electrons. The van der Waals surface area contributed by atoms with Gasteiger partial charge < -0.3 is 5.32 Å². The Morgan fingerprint density at radius 2 is 2.00 bits per heavy atom. The molecule has 0 bridgehead atoms. The number of piperidine rings is 1. The van der Waals surface area contributed by atoms with E-state index in [9.17, 15) is 4.79 Å². The van der Waals surface area contributed by atoms with Gasteiger partial charge in [0, 0.05) is 42.0 Å². The Hall–Kier alpha value is -3.89. The number of hydrogen-bond donors (Lipinski definition) is 1. The standard InChI is InChI=1S/C26H26N8OS/c1-18-3-5-20(6-4-18)34-24(30-26(35)22-15-29-33-10-2-9-28-25(22)33)13-23(31-34)19-7-11-32(12-8-19)16-21-14-27-17-36-21/h2-6,9-10,13-15,17,19H,7-8,11-12,16H2,1H3,(H,30,35). The van der Waals surface area contributed by atoms with Crippen LogP contribution in [0.15, 0.2) is 66.7 Å². The number of carbonyl (C=O) groups excluding carboxylic acids is 1. The number of amides is 1. The number of aromatic nitrogens is 6. The Morgan fingerprint density at radius 3 is 2.78 bits per heavy atom. The van der Waals surface area contributed by atoms with Crippen LogP contribution < -0.4 is 5.32 Å². The molecule has 0 aliphatic carbocycles. The highest BCUT2D eigenvalue weighted by molar-refractivity contribution is 7.09. The predicted octanol–water partition coefficient (Wildman–Crippen LogP) is 4.31. The molecule has 5 heterocycles. The van der Waals surface area contributed by atoms with Gasteiger partial charge in [-0.15, -0.1) is 11.3 Å². The molecule has 1 saturated heterocycles. The number of hydrogen-bond acceptors (Lipinski definition) is 7. The van der Waals surface area contributed by atoms with E-state index in [1.165, 1.54) is 10.4 Å². The van der Waals surface area contributed by atoms with E-state index >= 15 is 0 Å². The van der Waals surface area contributed by atoms with Crippen molar-refractivity contribution in [1.29, 1.82) is 0 Å². The first-order chi connectivity index (χ1) is 17.6. The molecular weight excluding hydrogens is 472 g/mol. The second kappa shape index (κ2) is 9.63. The molecule has 1 amide bonds. The van der Waals surface area contributed by atoms with Crippen LogP contribution >= 0.6 is 11.3 Å². The van der Waals surface area contributed by atoms with Crippen molar-refractivity contribution in [3.63, 3.8) is 0 Å². The first kappa shape index (κ1) is 22.6. The fourth-order valence-electron chi connectivity index (χ4n) is 4.67. The molecule has 36 heavy (non-hydrogen) atoms. The molecule has 1 fully saturated rings. The minimum absolute atomic E-state index is 0.261. The minimum atomic E-state index is -0.261. The van der Waals surface area contributed by atoms with Gasteiger partial charge in [0.1, 0.15) is 11.4 Å². The maximum atomic E-state index is 13.3. The Balaban J connectivity index is 1.25. The summed E-state index contributed by atoms with van der Waals surface area (Å²) in [6.07, 6.45) is 8.97. The maximum Gasteiger partial charge on any atom is 0.262 e. The van der Waals surface area contributed by atoms with E-state index in [4.69, 9.17) is 5.10 Å². The molecule has 0 radical (unpaired) electrons. The summed E-state index contributed by atoms with van der Waals surface area (Å²) in [7, 11) is 0. The number of carbonyl (C=O) groups is 1. The molecule has 0 saturated carbocycles. The number of benzene rings is 1. The number of fused-ring (bicyclic) bond motifs is 1. The molecule has 1 aliphatic heterocycles. The van der Waals surface area contributed by atoms with E-state index in [-0.39, 0.29) is 5.91 Å². The topological polar surface area (TPSA) is 93.2 Å². The number of rotatable bonds is 6. The van der Waals surface area contributed by atoms with Crippen molar-refractivity contribution in [2.45, 2.75) is 32.2 Å². The third-order valence-electron chi connectivity index (χ3n) is 6.64. The highest BCUT2D eigenvalue weighted by Gasteiger charge is 2.25. The predicted molar refractivity (Wildman–Crippen MR) is 139 cm³/mol. The lowest BCUT2D eigenvalue weighted by Gasteiger charge is -2.30. The number of nitrogens with one attached hydrogen (secondary N) is 1. The fraction of sp³-hybridized carbons (Fsp3) is 0.269. The Kier molecular flexibility index (Phi) is 6.04. The number of thiazole rings is 1. The van der Waals surface area contributed by atoms with Crippen LogP contribution in [0.5, 0.6) is 0 Å². The van der Waals surface area contributed by atoms with Gasteiger partial charge in [0.2, 0.25) is 0 Å². The summed E-state index contributed by atoms with van der Waals surface area (Å²) in [5, 5.41) is 12.3. The van der Waals surface area contributed by atoms with Crippen molar-refractivity contribution in [2.24, 2.45) is 0 Å². The molecule has 5 aromatic rings. The second-order valence-corrected chi connectivity index (χ2v) is 10.1. The summed E-state index contributed by atoms with van der Waals surface area (Å²) in [4.78, 5) is 25.5. The van der Waals surface area contributed by atoms with Gasteiger partial charge >= 0.3 is 0 Å². The third kappa shape index (κ3) is 4.52. The van der Waals surface area contributed by atoms with Crippen LogP contribution in [0.3, 0.4) is 0 Å². The van der Waals surface area contributed by atoms with Gasteiger partial charge in [-0.05, 0) is 51.1 Å². The first-order valence-corrected chi connectivity index (χ1v) is 12.9. The van der Waals surface area contributed by atoms with Gasteiger partial charge in [-0.2, -0.15) is 10.2 Å². The summed E-state index contributed by atoms with van der Waals surface area (Å²) >= 11 is 1.70. The normalized spacial score (nSPS) is 14.9. The number of anilines is 1. The van der Waals surface area contributed by atoms with Crippen LogP contribution in [-0.2, 0) is 6.54 Å². The summed E-state index contributed by atoms with van der Waals surface area (Å²) in [5.74, 6) is 0.716. The van der Waals surface area contributed by atoms with Crippen molar-refractivity contribution in [1.82, 2.24) is 34.3 Å². The SMILES string of the molecule is Cc1ccc(-n2nc(C3CCN(Cc4cncs4)CC3)cc2NC(=O)c2cnn3cccnc23)cc1.